The van der Waals surface area contributed by atoms with E-state index in [4.69, 9.17) is 11.6 Å². The summed E-state index contributed by atoms with van der Waals surface area (Å²) in [4.78, 5) is 25.1. The second-order valence-corrected chi connectivity index (χ2v) is 6.79. The fraction of sp³-hybridized carbons (Fsp3) is 0.316. The minimum atomic E-state index is -0.456. The Morgan fingerprint density at radius 2 is 1.80 bits per heavy atom. The third kappa shape index (κ3) is 3.82. The van der Waals surface area contributed by atoms with Crippen LogP contribution in [0.4, 0.5) is 11.4 Å². The first-order valence-corrected chi connectivity index (χ1v) is 8.63. The van der Waals surface area contributed by atoms with Crippen molar-refractivity contribution in [3.8, 4) is 0 Å². The summed E-state index contributed by atoms with van der Waals surface area (Å²) in [7, 11) is 0. The van der Waals surface area contributed by atoms with Gasteiger partial charge < -0.3 is 4.90 Å². The highest BCUT2D eigenvalue weighted by atomic mass is 35.5. The van der Waals surface area contributed by atoms with E-state index in [1.165, 1.54) is 12.1 Å². The van der Waals surface area contributed by atoms with Crippen LogP contribution in [0.5, 0.6) is 0 Å². The van der Waals surface area contributed by atoms with Crippen molar-refractivity contribution < 1.29 is 9.72 Å². The minimum absolute atomic E-state index is 0.00998. The molecule has 0 N–H and O–H groups in total. The van der Waals surface area contributed by atoms with Crippen molar-refractivity contribution in [3.63, 3.8) is 0 Å². The van der Waals surface area contributed by atoms with E-state index in [9.17, 15) is 14.9 Å². The van der Waals surface area contributed by atoms with Gasteiger partial charge in [-0.25, -0.2) is 0 Å². The molecule has 0 atom stereocenters. The van der Waals surface area contributed by atoms with Crippen LogP contribution in [0.3, 0.4) is 0 Å². The van der Waals surface area contributed by atoms with Gasteiger partial charge in [0.2, 0.25) is 0 Å². The molecule has 1 heterocycles. The lowest BCUT2D eigenvalue weighted by Crippen LogP contribution is -2.36. The van der Waals surface area contributed by atoms with Crippen molar-refractivity contribution in [2.24, 2.45) is 5.92 Å². The lowest BCUT2D eigenvalue weighted by molar-refractivity contribution is -0.384. The molecule has 0 aliphatic carbocycles. The van der Waals surface area contributed by atoms with Crippen LogP contribution in [0.1, 0.15) is 28.8 Å². The molecule has 0 aromatic heterocycles. The molecule has 0 radical (unpaired) electrons. The van der Waals surface area contributed by atoms with Crippen molar-refractivity contribution >= 4 is 28.8 Å². The van der Waals surface area contributed by atoms with Crippen molar-refractivity contribution in [1.29, 1.82) is 0 Å². The quantitative estimate of drug-likeness (QED) is 0.453. The van der Waals surface area contributed by atoms with Gasteiger partial charge in [0.25, 0.3) is 5.69 Å². The first-order chi connectivity index (χ1) is 12.0. The van der Waals surface area contributed by atoms with Crippen LogP contribution in [-0.4, -0.2) is 23.8 Å². The summed E-state index contributed by atoms with van der Waals surface area (Å²) in [6.07, 6.45) is 1.50. The van der Waals surface area contributed by atoms with E-state index in [1.807, 2.05) is 31.2 Å². The molecule has 1 aliphatic heterocycles. The number of hydrogen-bond donors (Lipinski definition) is 0. The Hall–Kier alpha value is -2.40. The van der Waals surface area contributed by atoms with Gasteiger partial charge in [-0.05, 0) is 25.8 Å². The molecule has 0 bridgehead atoms. The summed E-state index contributed by atoms with van der Waals surface area (Å²) in [5, 5.41) is 11.2. The molecule has 3 rings (SSSR count). The normalized spacial score (nSPS) is 15.2. The molecule has 1 fully saturated rings. The van der Waals surface area contributed by atoms with Gasteiger partial charge in [-0.1, -0.05) is 41.4 Å². The molecule has 130 valence electrons. The summed E-state index contributed by atoms with van der Waals surface area (Å²) in [6.45, 7) is 3.42. The summed E-state index contributed by atoms with van der Waals surface area (Å²) < 4.78 is 0. The molecule has 2 aromatic carbocycles. The molecule has 0 unspecified atom stereocenters. The van der Waals surface area contributed by atoms with Gasteiger partial charge in [0.1, 0.15) is 0 Å². The Morgan fingerprint density at radius 1 is 1.16 bits per heavy atom. The maximum Gasteiger partial charge on any atom is 0.271 e. The highest BCUT2D eigenvalue weighted by molar-refractivity contribution is 6.33. The summed E-state index contributed by atoms with van der Waals surface area (Å²) in [5.41, 5.74) is 2.67. The molecule has 25 heavy (non-hydrogen) atoms. The third-order valence-corrected chi connectivity index (χ3v) is 4.99. The van der Waals surface area contributed by atoms with Crippen LogP contribution in [-0.2, 0) is 0 Å². The smallest absolute Gasteiger partial charge is 0.271 e. The SMILES string of the molecule is Cc1ccc(C(=O)C2CCN(c3ccc([N+](=O)[O-])cc3Cl)CC2)cc1. The first kappa shape index (κ1) is 17.4. The van der Waals surface area contributed by atoms with Gasteiger partial charge in [0.05, 0.1) is 15.6 Å². The van der Waals surface area contributed by atoms with E-state index in [-0.39, 0.29) is 17.4 Å². The molecule has 0 spiro atoms. The molecule has 2 aromatic rings. The minimum Gasteiger partial charge on any atom is -0.370 e. The predicted octanol–water partition coefficient (Wildman–Crippen LogP) is 4.66. The number of nitro groups is 1. The Morgan fingerprint density at radius 3 is 2.36 bits per heavy atom. The number of hydrogen-bond acceptors (Lipinski definition) is 4. The largest absolute Gasteiger partial charge is 0.370 e. The van der Waals surface area contributed by atoms with Gasteiger partial charge in [-0.2, -0.15) is 0 Å². The monoisotopic (exact) mass is 358 g/mol. The van der Waals surface area contributed by atoms with E-state index in [0.717, 1.165) is 29.7 Å². The number of carbonyl (C=O) groups is 1. The molecule has 0 saturated carbocycles. The van der Waals surface area contributed by atoms with Crippen LogP contribution in [0.25, 0.3) is 0 Å². The topological polar surface area (TPSA) is 63.5 Å². The first-order valence-electron chi connectivity index (χ1n) is 8.25. The standard InChI is InChI=1S/C19H19ClN2O3/c1-13-2-4-14(5-3-13)19(23)15-8-10-21(11-9-15)18-7-6-16(22(24)25)12-17(18)20/h2-7,12,15H,8-11H2,1H3. The lowest BCUT2D eigenvalue weighted by atomic mass is 9.88. The number of aryl methyl sites for hydroxylation is 1. The zero-order valence-electron chi connectivity index (χ0n) is 13.9. The Bertz CT molecular complexity index is 797. The number of rotatable bonds is 4. The molecular weight excluding hydrogens is 340 g/mol. The number of halogens is 1. The summed E-state index contributed by atoms with van der Waals surface area (Å²) >= 11 is 6.20. The number of benzene rings is 2. The lowest BCUT2D eigenvalue weighted by Gasteiger charge is -2.33. The van der Waals surface area contributed by atoms with Gasteiger partial charge in [0.15, 0.2) is 5.78 Å². The van der Waals surface area contributed by atoms with Crippen molar-refractivity contribution in [3.05, 3.63) is 68.7 Å². The van der Waals surface area contributed by atoms with Gasteiger partial charge in [-0.15, -0.1) is 0 Å². The van der Waals surface area contributed by atoms with Gasteiger partial charge >= 0.3 is 0 Å². The highest BCUT2D eigenvalue weighted by Gasteiger charge is 2.27. The van der Waals surface area contributed by atoms with Crippen LogP contribution >= 0.6 is 11.6 Å². The van der Waals surface area contributed by atoms with E-state index in [0.29, 0.717) is 18.1 Å². The zero-order chi connectivity index (χ0) is 18.0. The Labute approximate surface area is 151 Å². The van der Waals surface area contributed by atoms with Crippen LogP contribution < -0.4 is 4.90 Å². The van der Waals surface area contributed by atoms with Crippen molar-refractivity contribution in [2.45, 2.75) is 19.8 Å². The summed E-state index contributed by atoms with van der Waals surface area (Å²) in [6, 6.07) is 12.2. The van der Waals surface area contributed by atoms with Crippen LogP contribution in [0.15, 0.2) is 42.5 Å². The van der Waals surface area contributed by atoms with Crippen LogP contribution in [0, 0.1) is 23.0 Å². The number of non-ortho nitro benzene ring substituents is 1. The van der Waals surface area contributed by atoms with Crippen molar-refractivity contribution in [1.82, 2.24) is 0 Å². The predicted molar refractivity (Wildman–Crippen MR) is 98.6 cm³/mol. The number of anilines is 1. The molecule has 1 saturated heterocycles. The fourth-order valence-electron chi connectivity index (χ4n) is 3.20. The molecule has 6 heteroatoms. The fourth-order valence-corrected chi connectivity index (χ4v) is 3.50. The molecule has 5 nitrogen and oxygen atoms in total. The second kappa shape index (κ2) is 7.23. The van der Waals surface area contributed by atoms with E-state index < -0.39 is 4.92 Å². The Kier molecular flexibility index (Phi) is 5.04. The number of Topliss-reactive ketones (excluding diaryl/α,β-unsaturated/α-hetero) is 1. The molecule has 1 aliphatic rings. The average molecular weight is 359 g/mol. The van der Waals surface area contributed by atoms with Gasteiger partial charge in [0, 0.05) is 36.7 Å². The van der Waals surface area contributed by atoms with E-state index in [1.54, 1.807) is 6.07 Å². The third-order valence-electron chi connectivity index (χ3n) is 4.68. The number of nitro benzene ring substituents is 1. The average Bonchev–Trinajstić information content (AvgIpc) is 2.62. The zero-order valence-corrected chi connectivity index (χ0v) is 14.7. The molecular formula is C19H19ClN2O3. The van der Waals surface area contributed by atoms with Crippen molar-refractivity contribution in [2.75, 3.05) is 18.0 Å². The summed E-state index contributed by atoms with van der Waals surface area (Å²) in [5.74, 6) is 0.199. The number of ketones is 1. The van der Waals surface area contributed by atoms with Crippen LogP contribution in [0.2, 0.25) is 5.02 Å². The molecule has 0 amide bonds. The van der Waals surface area contributed by atoms with Gasteiger partial charge in [-0.3, -0.25) is 14.9 Å². The highest BCUT2D eigenvalue weighted by Crippen LogP contribution is 2.33. The maximum atomic E-state index is 12.6. The van der Waals surface area contributed by atoms with E-state index >= 15 is 0 Å². The number of carbonyl (C=O) groups excluding carboxylic acids is 1. The number of nitrogens with zero attached hydrogens (tertiary/aromatic N) is 2. The number of piperidine rings is 1. The maximum absolute atomic E-state index is 12.6. The Balaban J connectivity index is 1.66. The second-order valence-electron chi connectivity index (χ2n) is 6.38. The van der Waals surface area contributed by atoms with E-state index in [2.05, 4.69) is 4.90 Å².